The molecule has 0 bridgehead atoms. The molecule has 0 aliphatic carbocycles. The van der Waals surface area contributed by atoms with Gasteiger partial charge in [0.05, 0.1) is 19.3 Å². The Morgan fingerprint density at radius 3 is 2.52 bits per heavy atom. The Bertz CT molecular complexity index is 455. The minimum atomic E-state index is -0.120. The summed E-state index contributed by atoms with van der Waals surface area (Å²) in [5.41, 5.74) is 7.65. The highest BCUT2D eigenvalue weighted by atomic mass is 16.5. The number of carbonyl (C=O) groups excluding carboxylic acids is 1. The number of nitrogen functional groups attached to an aromatic ring is 1. The van der Waals surface area contributed by atoms with Crippen molar-refractivity contribution in [2.45, 2.75) is 26.4 Å². The monoisotopic (exact) mass is 291 g/mol. The number of likely N-dealkylation sites (N-methyl/N-ethyl adjacent to an activating group) is 1. The molecule has 1 atom stereocenters. The van der Waals surface area contributed by atoms with Crippen LogP contribution in [0.25, 0.3) is 0 Å². The van der Waals surface area contributed by atoms with Crippen LogP contribution in [-0.2, 0) is 16.1 Å². The zero-order valence-electron chi connectivity index (χ0n) is 12.9. The third-order valence-corrected chi connectivity index (χ3v) is 4.00. The van der Waals surface area contributed by atoms with E-state index in [1.807, 2.05) is 36.1 Å². The van der Waals surface area contributed by atoms with Gasteiger partial charge in [-0.1, -0.05) is 19.1 Å². The van der Waals surface area contributed by atoms with Crippen molar-refractivity contribution >= 4 is 11.6 Å². The molecule has 21 heavy (non-hydrogen) atoms. The van der Waals surface area contributed by atoms with Gasteiger partial charge in [-0.3, -0.25) is 9.69 Å². The molecule has 1 aliphatic heterocycles. The van der Waals surface area contributed by atoms with Crippen LogP contribution in [0, 0.1) is 0 Å². The molecule has 1 amide bonds. The molecule has 1 aromatic carbocycles. The lowest BCUT2D eigenvalue weighted by Crippen LogP contribution is -2.50. The summed E-state index contributed by atoms with van der Waals surface area (Å²) in [6.07, 6.45) is 0. The standard InChI is InChI=1S/C16H25N3O2/c1-3-18(12-14-4-6-15(17)7-5-14)13(2)16(20)19-8-10-21-11-9-19/h4-7,13H,3,8-12,17H2,1-2H3. The van der Waals surface area contributed by atoms with E-state index in [1.54, 1.807) is 0 Å². The predicted molar refractivity (Wildman–Crippen MR) is 83.8 cm³/mol. The molecule has 1 unspecified atom stereocenters. The van der Waals surface area contributed by atoms with Gasteiger partial charge in [0, 0.05) is 25.3 Å². The number of rotatable bonds is 5. The number of carbonyl (C=O) groups is 1. The van der Waals surface area contributed by atoms with Crippen molar-refractivity contribution in [3.63, 3.8) is 0 Å². The van der Waals surface area contributed by atoms with Gasteiger partial charge in [-0.2, -0.15) is 0 Å². The van der Waals surface area contributed by atoms with Gasteiger partial charge < -0.3 is 15.4 Å². The van der Waals surface area contributed by atoms with Crippen molar-refractivity contribution in [3.8, 4) is 0 Å². The lowest BCUT2D eigenvalue weighted by atomic mass is 10.1. The highest BCUT2D eigenvalue weighted by Gasteiger charge is 2.26. The maximum atomic E-state index is 12.6. The lowest BCUT2D eigenvalue weighted by Gasteiger charge is -2.34. The van der Waals surface area contributed by atoms with Crippen LogP contribution in [0.1, 0.15) is 19.4 Å². The topological polar surface area (TPSA) is 58.8 Å². The van der Waals surface area contributed by atoms with Crippen molar-refractivity contribution in [3.05, 3.63) is 29.8 Å². The van der Waals surface area contributed by atoms with Crippen LogP contribution < -0.4 is 5.73 Å². The third kappa shape index (κ3) is 4.19. The summed E-state index contributed by atoms with van der Waals surface area (Å²) in [6.45, 7) is 8.34. The molecule has 0 radical (unpaired) electrons. The van der Waals surface area contributed by atoms with Crippen LogP contribution >= 0.6 is 0 Å². The fourth-order valence-electron chi connectivity index (χ4n) is 2.58. The molecule has 0 spiro atoms. The summed E-state index contributed by atoms with van der Waals surface area (Å²) in [6, 6.07) is 7.72. The highest BCUT2D eigenvalue weighted by molar-refractivity contribution is 5.81. The minimum absolute atomic E-state index is 0.120. The molecule has 1 heterocycles. The van der Waals surface area contributed by atoms with E-state index < -0.39 is 0 Å². The summed E-state index contributed by atoms with van der Waals surface area (Å²) in [5.74, 6) is 0.190. The minimum Gasteiger partial charge on any atom is -0.399 e. The van der Waals surface area contributed by atoms with E-state index >= 15 is 0 Å². The molecule has 2 N–H and O–H groups in total. The number of hydrogen-bond donors (Lipinski definition) is 1. The summed E-state index contributed by atoms with van der Waals surface area (Å²) >= 11 is 0. The Labute approximate surface area is 126 Å². The van der Waals surface area contributed by atoms with Crippen LogP contribution in [0.15, 0.2) is 24.3 Å². The number of anilines is 1. The number of morpholine rings is 1. The zero-order chi connectivity index (χ0) is 15.2. The maximum Gasteiger partial charge on any atom is 0.239 e. The predicted octanol–water partition coefficient (Wildman–Crippen LogP) is 1.34. The van der Waals surface area contributed by atoms with E-state index in [0.717, 1.165) is 18.8 Å². The molecule has 5 heteroatoms. The second-order valence-electron chi connectivity index (χ2n) is 5.42. The number of nitrogens with two attached hydrogens (primary N) is 1. The molecule has 5 nitrogen and oxygen atoms in total. The van der Waals surface area contributed by atoms with Gasteiger partial charge >= 0.3 is 0 Å². The molecule has 0 saturated carbocycles. The van der Waals surface area contributed by atoms with Crippen molar-refractivity contribution in [1.82, 2.24) is 9.80 Å². The van der Waals surface area contributed by atoms with Gasteiger partial charge in [-0.15, -0.1) is 0 Å². The quantitative estimate of drug-likeness (QED) is 0.832. The molecule has 0 aromatic heterocycles. The Hall–Kier alpha value is -1.59. The maximum absolute atomic E-state index is 12.6. The summed E-state index contributed by atoms with van der Waals surface area (Å²) in [4.78, 5) is 16.6. The van der Waals surface area contributed by atoms with Crippen LogP contribution in [0.2, 0.25) is 0 Å². The molecule has 1 fully saturated rings. The molecule has 2 rings (SSSR count). The molecular formula is C16H25N3O2. The van der Waals surface area contributed by atoms with Crippen LogP contribution in [0.4, 0.5) is 5.69 Å². The van der Waals surface area contributed by atoms with Crippen molar-refractivity contribution < 1.29 is 9.53 Å². The number of nitrogens with zero attached hydrogens (tertiary/aromatic N) is 2. The van der Waals surface area contributed by atoms with Gasteiger partial charge in [0.1, 0.15) is 0 Å². The first-order valence-electron chi connectivity index (χ1n) is 7.56. The van der Waals surface area contributed by atoms with Gasteiger partial charge in [0.25, 0.3) is 0 Å². The van der Waals surface area contributed by atoms with Gasteiger partial charge in [0.15, 0.2) is 0 Å². The fourth-order valence-corrected chi connectivity index (χ4v) is 2.58. The first-order valence-corrected chi connectivity index (χ1v) is 7.56. The summed E-state index contributed by atoms with van der Waals surface area (Å²) in [7, 11) is 0. The Morgan fingerprint density at radius 2 is 1.95 bits per heavy atom. The van der Waals surface area contributed by atoms with E-state index in [9.17, 15) is 4.79 Å². The largest absolute Gasteiger partial charge is 0.399 e. The van der Waals surface area contributed by atoms with Crippen LogP contribution in [-0.4, -0.2) is 54.6 Å². The molecular weight excluding hydrogens is 266 g/mol. The van der Waals surface area contributed by atoms with E-state index in [2.05, 4.69) is 11.8 Å². The average Bonchev–Trinajstić information content (AvgIpc) is 2.54. The molecule has 1 aromatic rings. The molecule has 1 aliphatic rings. The first-order chi connectivity index (χ1) is 10.1. The lowest BCUT2D eigenvalue weighted by molar-refractivity contribution is -0.140. The van der Waals surface area contributed by atoms with Crippen molar-refractivity contribution in [1.29, 1.82) is 0 Å². The first kappa shape index (κ1) is 15.8. The van der Waals surface area contributed by atoms with Gasteiger partial charge in [-0.25, -0.2) is 0 Å². The molecule has 1 saturated heterocycles. The Balaban J connectivity index is 1.98. The zero-order valence-corrected chi connectivity index (χ0v) is 12.9. The second-order valence-corrected chi connectivity index (χ2v) is 5.42. The number of hydrogen-bond acceptors (Lipinski definition) is 4. The SMILES string of the molecule is CCN(Cc1ccc(N)cc1)C(C)C(=O)N1CCOCC1. The van der Waals surface area contributed by atoms with Crippen molar-refractivity contribution in [2.75, 3.05) is 38.6 Å². The molecule has 116 valence electrons. The summed E-state index contributed by atoms with van der Waals surface area (Å²) in [5, 5.41) is 0. The van der Waals surface area contributed by atoms with E-state index in [-0.39, 0.29) is 11.9 Å². The Morgan fingerprint density at radius 1 is 1.33 bits per heavy atom. The van der Waals surface area contributed by atoms with Gasteiger partial charge in [0.2, 0.25) is 5.91 Å². The third-order valence-electron chi connectivity index (χ3n) is 4.00. The fraction of sp³-hybridized carbons (Fsp3) is 0.562. The smallest absolute Gasteiger partial charge is 0.239 e. The van der Waals surface area contributed by atoms with E-state index in [4.69, 9.17) is 10.5 Å². The highest BCUT2D eigenvalue weighted by Crippen LogP contribution is 2.13. The Kier molecular flexibility index (Phi) is 5.59. The van der Waals surface area contributed by atoms with Crippen LogP contribution in [0.3, 0.4) is 0 Å². The van der Waals surface area contributed by atoms with Crippen molar-refractivity contribution in [2.24, 2.45) is 0 Å². The normalized spacial score (nSPS) is 17.0. The second kappa shape index (κ2) is 7.43. The van der Waals surface area contributed by atoms with Gasteiger partial charge in [-0.05, 0) is 31.2 Å². The van der Waals surface area contributed by atoms with E-state index in [0.29, 0.717) is 26.3 Å². The number of benzene rings is 1. The average molecular weight is 291 g/mol. The number of ether oxygens (including phenoxy) is 1. The summed E-state index contributed by atoms with van der Waals surface area (Å²) < 4.78 is 5.30. The number of amides is 1. The van der Waals surface area contributed by atoms with Crippen LogP contribution in [0.5, 0.6) is 0 Å². The van der Waals surface area contributed by atoms with E-state index in [1.165, 1.54) is 5.56 Å².